The first-order valence-electron chi connectivity index (χ1n) is 5.40. The second-order valence-electron chi connectivity index (χ2n) is 3.69. The topological polar surface area (TPSA) is 84.6 Å². The van der Waals surface area contributed by atoms with Gasteiger partial charge in [0.15, 0.2) is 0 Å². The molecule has 5 nitrogen and oxygen atoms in total. The van der Waals surface area contributed by atoms with Crippen LogP contribution in [0.3, 0.4) is 0 Å². The van der Waals surface area contributed by atoms with Gasteiger partial charge >= 0.3 is 0 Å². The van der Waals surface area contributed by atoms with Crippen molar-refractivity contribution in [2.75, 3.05) is 13.1 Å². The van der Waals surface area contributed by atoms with Gasteiger partial charge in [-0.3, -0.25) is 5.32 Å². The van der Waals surface area contributed by atoms with Gasteiger partial charge in [-0.05, 0) is 44.0 Å². The number of hydrogen-bond donors (Lipinski definition) is 1. The molecule has 0 saturated heterocycles. The average Bonchev–Trinajstić information content (AvgIpc) is 2.63. The Bertz CT molecular complexity index is 453. The molecule has 17 heavy (non-hydrogen) atoms. The van der Waals surface area contributed by atoms with E-state index < -0.39 is 0 Å². The van der Waals surface area contributed by atoms with Gasteiger partial charge in [-0.25, -0.2) is 0 Å². The maximum Gasteiger partial charge on any atom is 0.122 e. The summed E-state index contributed by atoms with van der Waals surface area (Å²) in [5.41, 5.74) is 9.18. The van der Waals surface area contributed by atoms with Crippen molar-refractivity contribution in [3.63, 3.8) is 0 Å². The highest BCUT2D eigenvalue weighted by Gasteiger charge is 2.14. The molecule has 1 unspecified atom stereocenters. The van der Waals surface area contributed by atoms with Gasteiger partial charge in [-0.15, -0.1) is 11.3 Å². The monoisotopic (exact) mass is 249 g/mol. The first-order valence-corrected chi connectivity index (χ1v) is 6.21. The summed E-state index contributed by atoms with van der Waals surface area (Å²) in [6.07, 6.45) is 0.740. The molecule has 1 aromatic rings. The Kier molecular flexibility index (Phi) is 5.50. The predicted molar refractivity (Wildman–Crippen MR) is 68.8 cm³/mol. The molecule has 0 spiro atoms. The fraction of sp³-hybridized carbons (Fsp3) is 0.545. The maximum atomic E-state index is 9.13. The van der Waals surface area contributed by atoms with E-state index in [4.69, 9.17) is 10.8 Å². The van der Waals surface area contributed by atoms with Crippen molar-refractivity contribution < 1.29 is 0 Å². The fourth-order valence-electron chi connectivity index (χ4n) is 1.60. The van der Waals surface area contributed by atoms with Gasteiger partial charge in [0.25, 0.3) is 0 Å². The number of aryl methyl sites for hydroxylation is 2. The minimum absolute atomic E-state index is 0.272. The molecular weight excluding hydrogens is 234 g/mol. The zero-order chi connectivity index (χ0) is 12.7. The molecule has 0 saturated carbocycles. The molecule has 1 atom stereocenters. The summed E-state index contributed by atoms with van der Waals surface area (Å²) >= 11 is 1.70. The van der Waals surface area contributed by atoms with Crippen molar-refractivity contribution in [3.05, 3.63) is 31.8 Å². The van der Waals surface area contributed by atoms with E-state index in [1.807, 2.05) is 19.9 Å². The molecule has 0 aliphatic rings. The van der Waals surface area contributed by atoms with Crippen LogP contribution in [-0.4, -0.2) is 13.1 Å². The van der Waals surface area contributed by atoms with E-state index in [0.29, 0.717) is 13.1 Å². The number of thiophene rings is 1. The molecule has 0 aliphatic heterocycles. The van der Waals surface area contributed by atoms with Crippen LogP contribution >= 0.6 is 11.3 Å². The Hall–Kier alpha value is -1.54. The van der Waals surface area contributed by atoms with Crippen LogP contribution in [0, 0.1) is 25.2 Å². The van der Waals surface area contributed by atoms with Crippen LogP contribution in [-0.2, 0) is 0 Å². The molecule has 0 aromatic carbocycles. The number of nitrogens with zero attached hydrogens (tertiary/aromatic N) is 4. The molecule has 90 valence electrons. The molecule has 0 fully saturated rings. The van der Waals surface area contributed by atoms with E-state index in [9.17, 15) is 0 Å². The first-order chi connectivity index (χ1) is 8.19. The quantitative estimate of drug-likeness (QED) is 0.363. The normalized spacial score (nSPS) is 11.6. The summed E-state index contributed by atoms with van der Waals surface area (Å²) in [7, 11) is 0. The highest BCUT2D eigenvalue weighted by atomic mass is 32.1. The van der Waals surface area contributed by atoms with Crippen molar-refractivity contribution in [2.45, 2.75) is 26.3 Å². The van der Waals surface area contributed by atoms with Crippen molar-refractivity contribution in [1.29, 1.82) is 5.26 Å². The minimum atomic E-state index is -0.272. The van der Waals surface area contributed by atoms with Crippen LogP contribution in [0.15, 0.2) is 11.2 Å². The first kappa shape index (κ1) is 13.5. The summed E-state index contributed by atoms with van der Waals surface area (Å²) in [6.45, 7) is 5.20. The Labute approximate surface area is 105 Å². The van der Waals surface area contributed by atoms with Gasteiger partial charge in [-0.2, -0.15) is 5.26 Å². The zero-order valence-electron chi connectivity index (χ0n) is 9.97. The molecule has 0 amide bonds. The fourth-order valence-corrected chi connectivity index (χ4v) is 2.57. The molecule has 6 heteroatoms. The summed E-state index contributed by atoms with van der Waals surface area (Å²) in [5.74, 6) is 0. The maximum absolute atomic E-state index is 9.13. The van der Waals surface area contributed by atoms with Crippen LogP contribution in [0.5, 0.6) is 0 Å². The molecule has 1 heterocycles. The van der Waals surface area contributed by atoms with Crippen LogP contribution in [0.25, 0.3) is 10.4 Å². The van der Waals surface area contributed by atoms with Gasteiger partial charge in [0.1, 0.15) is 6.04 Å². The van der Waals surface area contributed by atoms with Crippen LogP contribution in [0.2, 0.25) is 0 Å². The second kappa shape index (κ2) is 6.92. The molecular formula is C11H15N5S. The van der Waals surface area contributed by atoms with Gasteiger partial charge in [0.05, 0.1) is 6.07 Å². The molecule has 0 radical (unpaired) electrons. The molecule has 0 aliphatic carbocycles. The van der Waals surface area contributed by atoms with E-state index in [-0.39, 0.29) is 6.04 Å². The van der Waals surface area contributed by atoms with Gasteiger partial charge < -0.3 is 0 Å². The Morgan fingerprint density at radius 3 is 2.94 bits per heavy atom. The SMILES string of the molecule is Cc1cc(C(C#N)NCCCN=[N+]=[N-])c(C)s1. The number of hydrogen-bond acceptors (Lipinski definition) is 4. The van der Waals surface area contributed by atoms with Crippen molar-refractivity contribution >= 4 is 11.3 Å². The van der Waals surface area contributed by atoms with E-state index >= 15 is 0 Å². The Morgan fingerprint density at radius 1 is 1.65 bits per heavy atom. The Morgan fingerprint density at radius 2 is 2.41 bits per heavy atom. The highest BCUT2D eigenvalue weighted by Crippen LogP contribution is 2.25. The van der Waals surface area contributed by atoms with E-state index in [1.165, 1.54) is 9.75 Å². The van der Waals surface area contributed by atoms with E-state index in [1.54, 1.807) is 11.3 Å². The third-order valence-corrected chi connectivity index (χ3v) is 3.35. The third kappa shape index (κ3) is 4.08. The number of azide groups is 1. The lowest BCUT2D eigenvalue weighted by molar-refractivity contribution is 0.607. The zero-order valence-corrected chi connectivity index (χ0v) is 10.8. The van der Waals surface area contributed by atoms with Gasteiger partial charge in [-0.1, -0.05) is 5.11 Å². The molecule has 1 rings (SSSR count). The van der Waals surface area contributed by atoms with Crippen molar-refractivity contribution in [2.24, 2.45) is 5.11 Å². The van der Waals surface area contributed by atoms with Gasteiger partial charge in [0.2, 0.25) is 0 Å². The third-order valence-electron chi connectivity index (χ3n) is 2.37. The lowest BCUT2D eigenvalue weighted by Gasteiger charge is -2.10. The summed E-state index contributed by atoms with van der Waals surface area (Å²) in [5, 5.41) is 15.7. The lowest BCUT2D eigenvalue weighted by Crippen LogP contribution is -2.21. The van der Waals surface area contributed by atoms with Crippen LogP contribution in [0.4, 0.5) is 0 Å². The minimum Gasteiger partial charge on any atom is -0.298 e. The Balaban J connectivity index is 2.52. The number of nitrogens with one attached hydrogen (secondary N) is 1. The largest absolute Gasteiger partial charge is 0.298 e. The van der Waals surface area contributed by atoms with Crippen molar-refractivity contribution in [3.8, 4) is 6.07 Å². The van der Waals surface area contributed by atoms with Crippen LogP contribution < -0.4 is 5.32 Å². The lowest BCUT2D eigenvalue weighted by atomic mass is 10.1. The molecule has 1 aromatic heterocycles. The summed E-state index contributed by atoms with van der Waals surface area (Å²) < 4.78 is 0. The van der Waals surface area contributed by atoms with E-state index in [2.05, 4.69) is 21.4 Å². The van der Waals surface area contributed by atoms with Gasteiger partial charge in [0, 0.05) is 21.2 Å². The standard InChI is InChI=1S/C11H15N5S/c1-8-6-10(9(2)17-8)11(7-12)14-4-3-5-15-16-13/h6,11,14H,3-5H2,1-2H3. The summed E-state index contributed by atoms with van der Waals surface area (Å²) in [6, 6.07) is 4.03. The number of nitriles is 1. The highest BCUT2D eigenvalue weighted by molar-refractivity contribution is 7.12. The number of rotatable bonds is 6. The predicted octanol–water partition coefficient (Wildman–Crippen LogP) is 3.22. The molecule has 0 bridgehead atoms. The average molecular weight is 249 g/mol. The van der Waals surface area contributed by atoms with Crippen molar-refractivity contribution in [1.82, 2.24) is 5.32 Å². The smallest absolute Gasteiger partial charge is 0.122 e. The van der Waals surface area contributed by atoms with E-state index in [0.717, 1.165) is 12.0 Å². The van der Waals surface area contributed by atoms with Crippen LogP contribution in [0.1, 0.15) is 27.8 Å². The summed E-state index contributed by atoms with van der Waals surface area (Å²) in [4.78, 5) is 5.08. The second-order valence-corrected chi connectivity index (χ2v) is 5.15. The molecule has 1 N–H and O–H groups in total.